The predicted octanol–water partition coefficient (Wildman–Crippen LogP) is 4.54. The number of carbonyl (C=O) groups is 1. The number of amides is 1. The van der Waals surface area contributed by atoms with E-state index in [-0.39, 0.29) is 35.9 Å². The number of rotatable bonds is 10. The molecule has 1 amide bonds. The highest BCUT2D eigenvalue weighted by Crippen LogP contribution is 2.30. The molecule has 4 rings (SSSR count). The van der Waals surface area contributed by atoms with Crippen LogP contribution in [0, 0.1) is 10.1 Å². The van der Waals surface area contributed by atoms with Crippen molar-refractivity contribution in [3.8, 4) is 11.4 Å². The number of para-hydroxylation sites is 3. The number of aromatic nitrogens is 2. The summed E-state index contributed by atoms with van der Waals surface area (Å²) in [5.41, 5.74) is 0.881. The summed E-state index contributed by atoms with van der Waals surface area (Å²) in [5, 5.41) is 11.5. The zero-order chi connectivity index (χ0) is 27.2. The van der Waals surface area contributed by atoms with E-state index < -0.39 is 11.0 Å². The van der Waals surface area contributed by atoms with Crippen LogP contribution in [0.1, 0.15) is 35.6 Å². The summed E-state index contributed by atoms with van der Waals surface area (Å²) >= 11 is 0. The van der Waals surface area contributed by atoms with Crippen molar-refractivity contribution in [2.75, 3.05) is 27.4 Å². The summed E-state index contributed by atoms with van der Waals surface area (Å²) in [6.07, 6.45) is 0.433. The lowest BCUT2D eigenvalue weighted by Crippen LogP contribution is -2.40. The normalized spacial score (nSPS) is 11.8. The maximum absolute atomic E-state index is 13.9. The maximum atomic E-state index is 13.9. The second kappa shape index (κ2) is 11.7. The van der Waals surface area contributed by atoms with Gasteiger partial charge in [-0.25, -0.2) is 4.98 Å². The molecule has 0 aliphatic carbocycles. The number of nitro groups is 1. The van der Waals surface area contributed by atoms with Crippen LogP contribution in [0.25, 0.3) is 16.6 Å². The highest BCUT2D eigenvalue weighted by molar-refractivity contribution is 5.94. The van der Waals surface area contributed by atoms with Crippen LogP contribution in [0.5, 0.6) is 5.75 Å². The number of hydrogen-bond donors (Lipinski definition) is 0. The summed E-state index contributed by atoms with van der Waals surface area (Å²) in [7, 11) is 3.06. The maximum Gasteiger partial charge on any atom is 0.269 e. The number of nitrogens with zero attached hydrogens (tertiary/aromatic N) is 4. The van der Waals surface area contributed by atoms with Crippen LogP contribution in [0.15, 0.2) is 77.6 Å². The molecule has 1 unspecified atom stereocenters. The molecule has 0 bridgehead atoms. The average molecular weight is 517 g/mol. The summed E-state index contributed by atoms with van der Waals surface area (Å²) < 4.78 is 12.4. The first-order valence-corrected chi connectivity index (χ1v) is 12.1. The lowest BCUT2D eigenvalue weighted by Gasteiger charge is -2.32. The van der Waals surface area contributed by atoms with Crippen LogP contribution in [-0.4, -0.2) is 52.7 Å². The molecule has 10 heteroatoms. The van der Waals surface area contributed by atoms with Gasteiger partial charge in [-0.1, -0.05) is 31.2 Å². The fourth-order valence-electron chi connectivity index (χ4n) is 4.44. The number of carbonyl (C=O) groups excluding carboxylic acids is 1. The predicted molar refractivity (Wildman–Crippen MR) is 143 cm³/mol. The van der Waals surface area contributed by atoms with Crippen LogP contribution in [0.3, 0.4) is 0 Å². The Bertz CT molecular complexity index is 1520. The van der Waals surface area contributed by atoms with Crippen molar-refractivity contribution in [1.82, 2.24) is 14.5 Å². The fourth-order valence-corrected chi connectivity index (χ4v) is 4.44. The Balaban J connectivity index is 1.93. The van der Waals surface area contributed by atoms with E-state index in [2.05, 4.69) is 0 Å². The molecule has 0 N–H and O–H groups in total. The monoisotopic (exact) mass is 516 g/mol. The molecule has 10 nitrogen and oxygen atoms in total. The zero-order valence-corrected chi connectivity index (χ0v) is 21.4. The molecule has 3 aromatic carbocycles. The summed E-state index contributed by atoms with van der Waals surface area (Å²) in [6.45, 7) is 2.35. The van der Waals surface area contributed by atoms with Crippen molar-refractivity contribution >= 4 is 22.5 Å². The second-order valence-electron chi connectivity index (χ2n) is 8.52. The standard InChI is InChI=1S/C28H28N4O6/c1-4-23(30(17-18-37-2)27(33)19-13-15-20(16-14-19)32(35)36)26-29-22-10-6-5-9-21(22)28(34)31(26)24-11-7-8-12-25(24)38-3/h5-16,23H,4,17-18H2,1-3H3. The van der Waals surface area contributed by atoms with Gasteiger partial charge in [0.15, 0.2) is 0 Å². The molecular formula is C28H28N4O6. The molecule has 1 aromatic heterocycles. The van der Waals surface area contributed by atoms with E-state index in [9.17, 15) is 19.7 Å². The highest BCUT2D eigenvalue weighted by Gasteiger charge is 2.30. The summed E-state index contributed by atoms with van der Waals surface area (Å²) in [4.78, 5) is 44.7. The van der Waals surface area contributed by atoms with Gasteiger partial charge >= 0.3 is 0 Å². The smallest absolute Gasteiger partial charge is 0.269 e. The number of benzene rings is 3. The molecule has 1 heterocycles. The van der Waals surface area contributed by atoms with Gasteiger partial charge in [0.05, 0.1) is 41.3 Å². The van der Waals surface area contributed by atoms with Crippen LogP contribution in [0.4, 0.5) is 5.69 Å². The first kappa shape index (κ1) is 26.5. The lowest BCUT2D eigenvalue weighted by molar-refractivity contribution is -0.384. The topological polar surface area (TPSA) is 117 Å². The number of hydrogen-bond acceptors (Lipinski definition) is 7. The largest absolute Gasteiger partial charge is 0.495 e. The van der Waals surface area contributed by atoms with E-state index in [1.807, 2.05) is 13.0 Å². The second-order valence-corrected chi connectivity index (χ2v) is 8.52. The van der Waals surface area contributed by atoms with Gasteiger partial charge in [0.25, 0.3) is 17.2 Å². The molecule has 0 aliphatic rings. The van der Waals surface area contributed by atoms with Gasteiger partial charge in [0.1, 0.15) is 11.6 Å². The molecule has 0 radical (unpaired) electrons. The van der Waals surface area contributed by atoms with E-state index in [0.29, 0.717) is 34.6 Å². The lowest BCUT2D eigenvalue weighted by atomic mass is 10.1. The summed E-state index contributed by atoms with van der Waals surface area (Å²) in [6, 6.07) is 19.0. The summed E-state index contributed by atoms with van der Waals surface area (Å²) in [5.74, 6) is 0.484. The van der Waals surface area contributed by atoms with E-state index in [1.165, 1.54) is 43.1 Å². The molecule has 0 aliphatic heterocycles. The van der Waals surface area contributed by atoms with Crippen molar-refractivity contribution in [2.24, 2.45) is 0 Å². The van der Waals surface area contributed by atoms with E-state index in [4.69, 9.17) is 14.5 Å². The van der Waals surface area contributed by atoms with Crippen molar-refractivity contribution in [3.63, 3.8) is 0 Å². The Hall–Kier alpha value is -4.57. The van der Waals surface area contributed by atoms with Gasteiger partial charge in [-0.05, 0) is 42.8 Å². The Labute approximate surface area is 219 Å². The highest BCUT2D eigenvalue weighted by atomic mass is 16.6. The van der Waals surface area contributed by atoms with Gasteiger partial charge in [0, 0.05) is 31.4 Å². The molecule has 4 aromatic rings. The minimum absolute atomic E-state index is 0.113. The van der Waals surface area contributed by atoms with Gasteiger partial charge in [-0.2, -0.15) is 0 Å². The van der Waals surface area contributed by atoms with E-state index >= 15 is 0 Å². The Kier molecular flexibility index (Phi) is 8.12. The molecular weight excluding hydrogens is 488 g/mol. The van der Waals surface area contributed by atoms with Crippen molar-refractivity contribution < 1.29 is 19.2 Å². The number of non-ortho nitro benzene ring substituents is 1. The third kappa shape index (κ3) is 5.12. The molecule has 196 valence electrons. The molecule has 38 heavy (non-hydrogen) atoms. The van der Waals surface area contributed by atoms with Gasteiger partial charge < -0.3 is 14.4 Å². The Morgan fingerprint density at radius 2 is 1.74 bits per heavy atom. The van der Waals surface area contributed by atoms with Gasteiger partial charge in [-0.15, -0.1) is 0 Å². The third-order valence-corrected chi connectivity index (χ3v) is 6.31. The molecule has 0 saturated heterocycles. The number of ether oxygens (including phenoxy) is 2. The minimum atomic E-state index is -0.630. The Morgan fingerprint density at radius 1 is 1.05 bits per heavy atom. The molecule has 0 fully saturated rings. The molecule has 0 saturated carbocycles. The van der Waals surface area contributed by atoms with Gasteiger partial charge in [0.2, 0.25) is 0 Å². The van der Waals surface area contributed by atoms with Crippen molar-refractivity contribution in [3.05, 3.63) is 105 Å². The SMILES string of the molecule is CCC(c1nc2ccccc2c(=O)n1-c1ccccc1OC)N(CCOC)C(=O)c1ccc([N+](=O)[O-])cc1. The Morgan fingerprint density at radius 3 is 2.39 bits per heavy atom. The van der Waals surface area contributed by atoms with Gasteiger partial charge in [-0.3, -0.25) is 24.3 Å². The first-order valence-electron chi connectivity index (χ1n) is 12.1. The zero-order valence-electron chi connectivity index (χ0n) is 21.4. The molecule has 1 atom stereocenters. The number of fused-ring (bicyclic) bond motifs is 1. The minimum Gasteiger partial charge on any atom is -0.495 e. The van der Waals surface area contributed by atoms with Crippen molar-refractivity contribution in [1.29, 1.82) is 0 Å². The van der Waals surface area contributed by atoms with Crippen LogP contribution in [-0.2, 0) is 4.74 Å². The fraction of sp³-hybridized carbons (Fsp3) is 0.250. The average Bonchev–Trinajstić information content (AvgIpc) is 2.95. The van der Waals surface area contributed by atoms with Crippen LogP contribution < -0.4 is 10.3 Å². The third-order valence-electron chi connectivity index (χ3n) is 6.31. The first-order chi connectivity index (χ1) is 18.4. The molecule has 0 spiro atoms. The van der Waals surface area contributed by atoms with E-state index in [1.54, 1.807) is 47.4 Å². The number of methoxy groups -OCH3 is 2. The quantitative estimate of drug-likeness (QED) is 0.224. The van der Waals surface area contributed by atoms with E-state index in [0.717, 1.165) is 0 Å². The number of nitro benzene ring substituents is 1. The van der Waals surface area contributed by atoms with Crippen LogP contribution in [0.2, 0.25) is 0 Å². The van der Waals surface area contributed by atoms with Crippen LogP contribution >= 0.6 is 0 Å². The van der Waals surface area contributed by atoms with Crippen molar-refractivity contribution in [2.45, 2.75) is 19.4 Å².